The number of thiophene rings is 1. The Morgan fingerprint density at radius 2 is 2.20 bits per heavy atom. The van der Waals surface area contributed by atoms with Gasteiger partial charge in [-0.1, -0.05) is 11.2 Å². The first-order valence-corrected chi connectivity index (χ1v) is 8.35. The van der Waals surface area contributed by atoms with Gasteiger partial charge in [-0.05, 0) is 29.6 Å². The van der Waals surface area contributed by atoms with Gasteiger partial charge in [-0.2, -0.15) is 0 Å². The smallest absolute Gasteiger partial charge is 0.277 e. The number of hydrogen-bond donors (Lipinski definition) is 1. The van der Waals surface area contributed by atoms with Crippen molar-refractivity contribution in [3.05, 3.63) is 47.5 Å². The molecule has 1 aliphatic rings. The fourth-order valence-corrected chi connectivity index (χ4v) is 3.14. The predicted octanol–water partition coefficient (Wildman–Crippen LogP) is 3.01. The topological polar surface area (TPSA) is 84.7 Å². The lowest BCUT2D eigenvalue weighted by Crippen LogP contribution is -2.35. The van der Waals surface area contributed by atoms with E-state index in [1.54, 1.807) is 31.3 Å². The zero-order valence-corrected chi connectivity index (χ0v) is 14.0. The van der Waals surface area contributed by atoms with E-state index in [0.717, 1.165) is 4.88 Å². The number of benzene rings is 1. The van der Waals surface area contributed by atoms with Crippen LogP contribution in [0.3, 0.4) is 0 Å². The second kappa shape index (κ2) is 6.06. The Hall–Kier alpha value is -3.13. The van der Waals surface area contributed by atoms with E-state index in [1.165, 1.54) is 16.2 Å². The van der Waals surface area contributed by atoms with Gasteiger partial charge in [-0.25, -0.2) is 0 Å². The SMILES string of the molecule is CN1C(=O)COc2ccc(NC(=O)c3cc(-c4cccs4)on3)cc21. The van der Waals surface area contributed by atoms with Gasteiger partial charge in [0.1, 0.15) is 5.75 Å². The van der Waals surface area contributed by atoms with Gasteiger partial charge in [0.25, 0.3) is 11.8 Å². The minimum absolute atomic E-state index is 0.0135. The second-order valence-corrected chi connectivity index (χ2v) is 6.38. The summed E-state index contributed by atoms with van der Waals surface area (Å²) >= 11 is 1.50. The van der Waals surface area contributed by atoms with E-state index in [9.17, 15) is 9.59 Å². The standard InChI is InChI=1S/C17H13N3O4S/c1-20-12-7-10(4-5-13(12)23-9-16(20)21)18-17(22)11-8-14(24-19-11)15-3-2-6-25-15/h2-8H,9H2,1H3,(H,18,22). The molecule has 3 heterocycles. The van der Waals surface area contributed by atoms with Crippen LogP contribution in [-0.2, 0) is 4.79 Å². The first-order valence-electron chi connectivity index (χ1n) is 7.47. The first kappa shape index (κ1) is 15.4. The van der Waals surface area contributed by atoms with Crippen LogP contribution in [0, 0.1) is 0 Å². The third-order valence-corrected chi connectivity index (χ3v) is 4.69. The number of aromatic nitrogens is 1. The maximum atomic E-state index is 12.4. The summed E-state index contributed by atoms with van der Waals surface area (Å²) in [7, 11) is 1.67. The van der Waals surface area contributed by atoms with Crippen LogP contribution in [0.5, 0.6) is 5.75 Å². The van der Waals surface area contributed by atoms with Crippen LogP contribution in [0.1, 0.15) is 10.5 Å². The molecule has 0 atom stereocenters. The number of rotatable bonds is 3. The highest BCUT2D eigenvalue weighted by atomic mass is 32.1. The van der Waals surface area contributed by atoms with Crippen LogP contribution in [0.4, 0.5) is 11.4 Å². The van der Waals surface area contributed by atoms with Gasteiger partial charge in [0.15, 0.2) is 18.1 Å². The van der Waals surface area contributed by atoms with Crippen molar-refractivity contribution >= 4 is 34.5 Å². The Labute approximate surface area is 146 Å². The molecule has 2 aromatic heterocycles. The number of carbonyl (C=O) groups excluding carboxylic acids is 2. The molecular formula is C17H13N3O4S. The molecule has 1 N–H and O–H groups in total. The maximum Gasteiger partial charge on any atom is 0.277 e. The molecule has 0 bridgehead atoms. The van der Waals surface area contributed by atoms with Crippen LogP contribution < -0.4 is 15.0 Å². The molecule has 4 rings (SSSR count). The van der Waals surface area contributed by atoms with Crippen molar-refractivity contribution < 1.29 is 18.8 Å². The number of nitrogens with one attached hydrogen (secondary N) is 1. The average molecular weight is 355 g/mol. The number of amides is 2. The number of likely N-dealkylation sites (N-methyl/N-ethyl adjacent to an activating group) is 1. The highest BCUT2D eigenvalue weighted by Crippen LogP contribution is 2.33. The van der Waals surface area contributed by atoms with Crippen molar-refractivity contribution in [3.63, 3.8) is 0 Å². The van der Waals surface area contributed by atoms with E-state index in [2.05, 4.69) is 10.5 Å². The number of ether oxygens (including phenoxy) is 1. The maximum absolute atomic E-state index is 12.4. The van der Waals surface area contributed by atoms with Crippen molar-refractivity contribution in [2.45, 2.75) is 0 Å². The summed E-state index contributed by atoms with van der Waals surface area (Å²) < 4.78 is 10.6. The number of hydrogen-bond acceptors (Lipinski definition) is 6. The molecule has 0 unspecified atom stereocenters. The molecule has 7 nitrogen and oxygen atoms in total. The van der Waals surface area contributed by atoms with Gasteiger partial charge < -0.3 is 19.5 Å². The summed E-state index contributed by atoms with van der Waals surface area (Å²) in [4.78, 5) is 26.5. The summed E-state index contributed by atoms with van der Waals surface area (Å²) in [6.45, 7) is 0.0135. The van der Waals surface area contributed by atoms with Gasteiger partial charge in [-0.15, -0.1) is 11.3 Å². The van der Waals surface area contributed by atoms with E-state index >= 15 is 0 Å². The molecule has 0 fully saturated rings. The van der Waals surface area contributed by atoms with Crippen molar-refractivity contribution in [1.29, 1.82) is 0 Å². The van der Waals surface area contributed by atoms with Crippen LogP contribution in [0.15, 0.2) is 46.3 Å². The molecule has 8 heteroatoms. The van der Waals surface area contributed by atoms with Crippen LogP contribution in [0.25, 0.3) is 10.6 Å². The molecule has 2 amide bonds. The lowest BCUT2D eigenvalue weighted by atomic mass is 10.2. The van der Waals surface area contributed by atoms with E-state index < -0.39 is 5.91 Å². The van der Waals surface area contributed by atoms with E-state index in [0.29, 0.717) is 22.9 Å². The van der Waals surface area contributed by atoms with E-state index in [4.69, 9.17) is 9.26 Å². The molecule has 0 radical (unpaired) electrons. The Balaban J connectivity index is 1.54. The molecule has 0 aliphatic carbocycles. The molecule has 0 saturated heterocycles. The fraction of sp³-hybridized carbons (Fsp3) is 0.118. The highest BCUT2D eigenvalue weighted by Gasteiger charge is 2.23. The van der Waals surface area contributed by atoms with Gasteiger partial charge >= 0.3 is 0 Å². The van der Waals surface area contributed by atoms with E-state index in [1.807, 2.05) is 17.5 Å². The molecule has 0 saturated carbocycles. The molecule has 3 aromatic rings. The summed E-state index contributed by atoms with van der Waals surface area (Å²) in [5.74, 6) is 0.608. The Morgan fingerprint density at radius 3 is 3.00 bits per heavy atom. The van der Waals surface area contributed by atoms with Crippen LogP contribution in [0.2, 0.25) is 0 Å². The average Bonchev–Trinajstić information content (AvgIpc) is 3.29. The van der Waals surface area contributed by atoms with Gasteiger partial charge in [0.05, 0.1) is 10.6 Å². The largest absolute Gasteiger partial charge is 0.482 e. The zero-order chi connectivity index (χ0) is 17.4. The highest BCUT2D eigenvalue weighted by molar-refractivity contribution is 7.13. The predicted molar refractivity (Wildman–Crippen MR) is 93.1 cm³/mol. The molecule has 1 aliphatic heterocycles. The lowest BCUT2D eigenvalue weighted by Gasteiger charge is -2.26. The van der Waals surface area contributed by atoms with Gasteiger partial charge in [-0.3, -0.25) is 9.59 Å². The summed E-state index contributed by atoms with van der Waals surface area (Å²) in [6.07, 6.45) is 0. The summed E-state index contributed by atoms with van der Waals surface area (Å²) in [5, 5.41) is 8.49. The first-order chi connectivity index (χ1) is 12.1. The molecular weight excluding hydrogens is 342 g/mol. The van der Waals surface area contributed by atoms with Crippen molar-refractivity contribution in [2.24, 2.45) is 0 Å². The lowest BCUT2D eigenvalue weighted by molar-refractivity contribution is -0.120. The number of carbonyl (C=O) groups is 2. The second-order valence-electron chi connectivity index (χ2n) is 5.43. The van der Waals surface area contributed by atoms with Crippen LogP contribution in [-0.4, -0.2) is 30.6 Å². The zero-order valence-electron chi connectivity index (χ0n) is 13.2. The van der Waals surface area contributed by atoms with Gasteiger partial charge in [0.2, 0.25) is 0 Å². The minimum atomic E-state index is -0.391. The molecule has 1 aromatic carbocycles. The molecule has 126 valence electrons. The Morgan fingerprint density at radius 1 is 1.32 bits per heavy atom. The van der Waals surface area contributed by atoms with Crippen LogP contribution >= 0.6 is 11.3 Å². The summed E-state index contributed by atoms with van der Waals surface area (Å²) in [6, 6.07) is 10.5. The van der Waals surface area contributed by atoms with Crippen molar-refractivity contribution in [2.75, 3.05) is 23.9 Å². The molecule has 25 heavy (non-hydrogen) atoms. The normalized spacial score (nSPS) is 13.3. The number of fused-ring (bicyclic) bond motifs is 1. The Kier molecular flexibility index (Phi) is 3.73. The number of anilines is 2. The molecule has 0 spiro atoms. The summed E-state index contributed by atoms with van der Waals surface area (Å²) in [5.41, 5.74) is 1.32. The van der Waals surface area contributed by atoms with Crippen molar-refractivity contribution in [1.82, 2.24) is 5.16 Å². The van der Waals surface area contributed by atoms with Crippen molar-refractivity contribution in [3.8, 4) is 16.4 Å². The fourth-order valence-electron chi connectivity index (χ4n) is 2.46. The minimum Gasteiger partial charge on any atom is -0.482 e. The monoisotopic (exact) mass is 355 g/mol. The third-order valence-electron chi connectivity index (χ3n) is 3.81. The quantitative estimate of drug-likeness (QED) is 0.781. The van der Waals surface area contributed by atoms with Gasteiger partial charge in [0, 0.05) is 18.8 Å². The Bertz CT molecular complexity index is 949. The van der Waals surface area contributed by atoms with E-state index in [-0.39, 0.29) is 18.2 Å². The number of nitrogens with zero attached hydrogens (tertiary/aromatic N) is 2. The third kappa shape index (κ3) is 2.87.